The Labute approximate surface area is 119 Å². The molecule has 1 heterocycles. The lowest BCUT2D eigenvalue weighted by atomic mass is 9.97. The van der Waals surface area contributed by atoms with Crippen LogP contribution in [0, 0.1) is 0 Å². The lowest BCUT2D eigenvalue weighted by Gasteiger charge is -2.36. The molecule has 1 atom stereocenters. The largest absolute Gasteiger partial charge is 0.398 e. The van der Waals surface area contributed by atoms with E-state index in [9.17, 15) is 4.79 Å². The number of piperidine rings is 1. The Morgan fingerprint density at radius 2 is 2.26 bits per heavy atom. The SMILES string of the molecule is CCCC1CCCCN1C(=O)c1ccc(N)c(Cl)c1. The van der Waals surface area contributed by atoms with Gasteiger partial charge in [-0.15, -0.1) is 0 Å². The molecule has 1 aromatic rings. The molecule has 1 amide bonds. The van der Waals surface area contributed by atoms with Gasteiger partial charge in [-0.25, -0.2) is 0 Å². The molecule has 1 unspecified atom stereocenters. The van der Waals surface area contributed by atoms with Crippen molar-refractivity contribution < 1.29 is 4.79 Å². The summed E-state index contributed by atoms with van der Waals surface area (Å²) in [5.41, 5.74) is 6.84. The fraction of sp³-hybridized carbons (Fsp3) is 0.533. The Balaban J connectivity index is 2.18. The molecule has 1 aromatic carbocycles. The quantitative estimate of drug-likeness (QED) is 0.858. The highest BCUT2D eigenvalue weighted by Gasteiger charge is 2.26. The summed E-state index contributed by atoms with van der Waals surface area (Å²) in [6, 6.07) is 5.52. The third-order valence-electron chi connectivity index (χ3n) is 3.76. The third-order valence-corrected chi connectivity index (χ3v) is 4.08. The van der Waals surface area contributed by atoms with Crippen molar-refractivity contribution in [3.63, 3.8) is 0 Å². The van der Waals surface area contributed by atoms with Gasteiger partial charge in [0.25, 0.3) is 5.91 Å². The molecule has 1 saturated heterocycles. The zero-order valence-corrected chi connectivity index (χ0v) is 12.1. The van der Waals surface area contributed by atoms with Crippen LogP contribution in [-0.2, 0) is 0 Å². The Kier molecular flexibility index (Phi) is 4.70. The highest BCUT2D eigenvalue weighted by Crippen LogP contribution is 2.25. The predicted octanol–water partition coefficient (Wildman–Crippen LogP) is 3.72. The van der Waals surface area contributed by atoms with Gasteiger partial charge in [0.15, 0.2) is 0 Å². The van der Waals surface area contributed by atoms with Crippen LogP contribution in [0.4, 0.5) is 5.69 Å². The van der Waals surface area contributed by atoms with Crippen LogP contribution in [0.5, 0.6) is 0 Å². The molecular weight excluding hydrogens is 260 g/mol. The van der Waals surface area contributed by atoms with Crippen molar-refractivity contribution in [3.05, 3.63) is 28.8 Å². The number of carbonyl (C=O) groups excluding carboxylic acids is 1. The average Bonchev–Trinajstić information content (AvgIpc) is 2.42. The van der Waals surface area contributed by atoms with Gasteiger partial charge in [-0.1, -0.05) is 24.9 Å². The van der Waals surface area contributed by atoms with Gasteiger partial charge in [0.2, 0.25) is 0 Å². The number of anilines is 1. The second kappa shape index (κ2) is 6.29. The van der Waals surface area contributed by atoms with Gasteiger partial charge in [0, 0.05) is 18.2 Å². The van der Waals surface area contributed by atoms with Crippen LogP contribution < -0.4 is 5.73 Å². The summed E-state index contributed by atoms with van der Waals surface area (Å²) in [5, 5.41) is 0.454. The van der Waals surface area contributed by atoms with Crippen LogP contribution in [-0.4, -0.2) is 23.4 Å². The van der Waals surface area contributed by atoms with Crippen molar-refractivity contribution in [3.8, 4) is 0 Å². The van der Waals surface area contributed by atoms with Crippen molar-refractivity contribution in [1.82, 2.24) is 4.90 Å². The van der Waals surface area contributed by atoms with Crippen LogP contribution in [0.15, 0.2) is 18.2 Å². The summed E-state index contributed by atoms with van der Waals surface area (Å²) < 4.78 is 0. The van der Waals surface area contributed by atoms with Crippen molar-refractivity contribution in [2.75, 3.05) is 12.3 Å². The van der Waals surface area contributed by atoms with E-state index in [-0.39, 0.29) is 5.91 Å². The maximum atomic E-state index is 12.6. The van der Waals surface area contributed by atoms with E-state index in [0.29, 0.717) is 22.3 Å². The topological polar surface area (TPSA) is 46.3 Å². The number of carbonyl (C=O) groups is 1. The Morgan fingerprint density at radius 3 is 2.95 bits per heavy atom. The molecule has 0 saturated carbocycles. The summed E-state index contributed by atoms with van der Waals surface area (Å²) in [6.07, 6.45) is 5.61. The minimum absolute atomic E-state index is 0.0834. The van der Waals surface area contributed by atoms with Crippen molar-refractivity contribution >= 4 is 23.2 Å². The maximum Gasteiger partial charge on any atom is 0.254 e. The summed E-state index contributed by atoms with van der Waals surface area (Å²) in [6.45, 7) is 3.02. The van der Waals surface area contributed by atoms with Crippen LogP contribution >= 0.6 is 11.6 Å². The molecule has 1 fully saturated rings. The minimum Gasteiger partial charge on any atom is -0.398 e. The Bertz CT molecular complexity index is 459. The van der Waals surface area contributed by atoms with Crippen molar-refractivity contribution in [1.29, 1.82) is 0 Å². The maximum absolute atomic E-state index is 12.6. The molecule has 0 bridgehead atoms. The smallest absolute Gasteiger partial charge is 0.254 e. The zero-order valence-electron chi connectivity index (χ0n) is 11.4. The van der Waals surface area contributed by atoms with Gasteiger partial charge in [0.1, 0.15) is 0 Å². The number of nitrogens with two attached hydrogens (primary N) is 1. The molecule has 0 spiro atoms. The molecule has 3 nitrogen and oxygen atoms in total. The monoisotopic (exact) mass is 280 g/mol. The van der Waals surface area contributed by atoms with Crippen LogP contribution in [0.25, 0.3) is 0 Å². The number of halogens is 1. The normalized spacial score (nSPS) is 19.5. The first-order valence-corrected chi connectivity index (χ1v) is 7.37. The fourth-order valence-electron chi connectivity index (χ4n) is 2.73. The van der Waals surface area contributed by atoms with E-state index in [2.05, 4.69) is 6.92 Å². The first-order valence-electron chi connectivity index (χ1n) is 6.99. The lowest BCUT2D eigenvalue weighted by molar-refractivity contribution is 0.0600. The van der Waals surface area contributed by atoms with Gasteiger partial charge in [-0.2, -0.15) is 0 Å². The van der Waals surface area contributed by atoms with Gasteiger partial charge < -0.3 is 10.6 Å². The van der Waals surface area contributed by atoms with Crippen molar-refractivity contribution in [2.45, 2.75) is 45.1 Å². The van der Waals surface area contributed by atoms with Crippen LogP contribution in [0.1, 0.15) is 49.4 Å². The van der Waals surface area contributed by atoms with E-state index in [1.54, 1.807) is 18.2 Å². The van der Waals surface area contributed by atoms with E-state index in [1.165, 1.54) is 6.42 Å². The molecule has 104 valence electrons. The molecule has 0 aliphatic carbocycles. The van der Waals surface area contributed by atoms with Crippen LogP contribution in [0.3, 0.4) is 0 Å². The summed E-state index contributed by atoms with van der Waals surface area (Å²) in [4.78, 5) is 14.6. The number of benzene rings is 1. The van der Waals surface area contributed by atoms with Gasteiger partial charge in [-0.3, -0.25) is 4.79 Å². The average molecular weight is 281 g/mol. The molecule has 2 rings (SSSR count). The Hall–Kier alpha value is -1.22. The molecule has 0 aromatic heterocycles. The Morgan fingerprint density at radius 1 is 1.47 bits per heavy atom. The predicted molar refractivity (Wildman–Crippen MR) is 79.4 cm³/mol. The van der Waals surface area contributed by atoms with Crippen LogP contribution in [0.2, 0.25) is 5.02 Å². The third kappa shape index (κ3) is 3.21. The molecule has 19 heavy (non-hydrogen) atoms. The second-order valence-corrected chi connectivity index (χ2v) is 5.58. The standard InChI is InChI=1S/C15H21ClN2O/c1-2-5-12-6-3-4-9-18(12)15(19)11-7-8-14(17)13(16)10-11/h7-8,10,12H,2-6,9,17H2,1H3. The minimum atomic E-state index is 0.0834. The molecule has 4 heteroatoms. The summed E-state index contributed by atoms with van der Waals surface area (Å²) in [5.74, 6) is 0.0834. The number of amides is 1. The molecule has 1 aliphatic heterocycles. The van der Waals surface area contributed by atoms with Gasteiger partial charge in [0.05, 0.1) is 10.7 Å². The lowest BCUT2D eigenvalue weighted by Crippen LogP contribution is -2.43. The number of hydrogen-bond acceptors (Lipinski definition) is 2. The summed E-state index contributed by atoms with van der Waals surface area (Å²) in [7, 11) is 0. The van der Waals surface area contributed by atoms with E-state index in [0.717, 1.165) is 32.2 Å². The number of rotatable bonds is 3. The summed E-state index contributed by atoms with van der Waals surface area (Å²) >= 11 is 6.00. The number of hydrogen-bond donors (Lipinski definition) is 1. The molecule has 2 N–H and O–H groups in total. The molecular formula is C15H21ClN2O. The van der Waals surface area contributed by atoms with Gasteiger partial charge in [-0.05, 0) is 43.9 Å². The number of nitrogens with zero attached hydrogens (tertiary/aromatic N) is 1. The molecule has 0 radical (unpaired) electrons. The van der Waals surface area contributed by atoms with Crippen molar-refractivity contribution in [2.24, 2.45) is 0 Å². The zero-order chi connectivity index (χ0) is 13.8. The van der Waals surface area contributed by atoms with E-state index >= 15 is 0 Å². The number of likely N-dealkylation sites (tertiary alicyclic amines) is 1. The first kappa shape index (κ1) is 14.2. The van der Waals surface area contributed by atoms with E-state index < -0.39 is 0 Å². The fourth-order valence-corrected chi connectivity index (χ4v) is 2.91. The van der Waals surface area contributed by atoms with E-state index in [1.807, 2.05) is 4.90 Å². The highest BCUT2D eigenvalue weighted by molar-refractivity contribution is 6.33. The first-order chi connectivity index (χ1) is 9.13. The molecule has 1 aliphatic rings. The number of nitrogen functional groups attached to an aromatic ring is 1. The van der Waals surface area contributed by atoms with Gasteiger partial charge >= 0.3 is 0 Å². The van der Waals surface area contributed by atoms with E-state index in [4.69, 9.17) is 17.3 Å². The second-order valence-electron chi connectivity index (χ2n) is 5.17. The highest BCUT2D eigenvalue weighted by atomic mass is 35.5.